The molecule has 1 fully saturated rings. The van der Waals surface area contributed by atoms with E-state index < -0.39 is 17.7 Å². The quantitative estimate of drug-likeness (QED) is 0.797. The van der Waals surface area contributed by atoms with Crippen LogP contribution in [0.25, 0.3) is 0 Å². The lowest BCUT2D eigenvalue weighted by Crippen LogP contribution is -2.46. The molecule has 2 atom stereocenters. The number of carbonyl (C=O) groups excluding carboxylic acids is 3. The fraction of sp³-hybridized carbons (Fsp3) is 0.316. The molecular weight excluding hydrogens is 346 g/mol. The molecule has 1 saturated heterocycles. The first-order valence-electron chi connectivity index (χ1n) is 8.72. The van der Waals surface area contributed by atoms with Gasteiger partial charge in [0, 0.05) is 25.1 Å². The van der Waals surface area contributed by atoms with Crippen molar-refractivity contribution in [1.29, 1.82) is 0 Å². The first kappa shape index (κ1) is 18.5. The van der Waals surface area contributed by atoms with Crippen LogP contribution in [0.1, 0.15) is 41.7 Å². The van der Waals surface area contributed by atoms with Crippen molar-refractivity contribution in [3.05, 3.63) is 54.1 Å². The van der Waals surface area contributed by atoms with Crippen LogP contribution in [0.2, 0.25) is 0 Å². The second kappa shape index (κ2) is 7.94. The number of primary amides is 1. The van der Waals surface area contributed by atoms with Crippen LogP contribution in [-0.2, 0) is 9.59 Å². The van der Waals surface area contributed by atoms with Crippen LogP contribution in [0.15, 0.2) is 43.0 Å². The zero-order valence-electron chi connectivity index (χ0n) is 15.0. The summed E-state index contributed by atoms with van der Waals surface area (Å²) in [6.07, 6.45) is 7.77. The van der Waals surface area contributed by atoms with Crippen molar-refractivity contribution in [1.82, 2.24) is 14.9 Å². The number of aromatic nitrogens is 2. The molecule has 1 aliphatic heterocycles. The number of nitrogens with two attached hydrogens (primary N) is 1. The highest BCUT2D eigenvalue weighted by molar-refractivity contribution is 6.39. The standard InChI is InChI=1S/C19H21N5O3/c1-12-2-3-16(13-4-6-21-7-5-13)24(11-12)19(27)18(26)23-15-8-14(17(20)25)9-22-10-15/h4-10,12,16H,2-3,11H2,1H3,(H2,20,25)(H,23,26)/t12-,16+/m0/s1. The molecule has 0 radical (unpaired) electrons. The van der Waals surface area contributed by atoms with Gasteiger partial charge < -0.3 is 16.0 Å². The molecule has 0 bridgehead atoms. The number of likely N-dealkylation sites (tertiary alicyclic amines) is 1. The molecule has 0 aromatic carbocycles. The van der Waals surface area contributed by atoms with Gasteiger partial charge in [-0.15, -0.1) is 0 Å². The van der Waals surface area contributed by atoms with Gasteiger partial charge >= 0.3 is 11.8 Å². The molecule has 0 saturated carbocycles. The number of hydrogen-bond acceptors (Lipinski definition) is 5. The molecular formula is C19H21N5O3. The Morgan fingerprint density at radius 1 is 1.15 bits per heavy atom. The number of hydrogen-bond donors (Lipinski definition) is 2. The summed E-state index contributed by atoms with van der Waals surface area (Å²) >= 11 is 0. The average Bonchev–Trinajstić information content (AvgIpc) is 2.68. The highest BCUT2D eigenvalue weighted by Crippen LogP contribution is 2.33. The minimum Gasteiger partial charge on any atom is -0.366 e. The Morgan fingerprint density at radius 3 is 2.59 bits per heavy atom. The SMILES string of the molecule is C[C@H]1CC[C@H](c2ccncc2)N(C(=O)C(=O)Nc2cncc(C(N)=O)c2)C1. The molecule has 8 heteroatoms. The molecule has 3 amide bonds. The first-order valence-corrected chi connectivity index (χ1v) is 8.72. The van der Waals surface area contributed by atoms with E-state index in [0.717, 1.165) is 18.4 Å². The number of rotatable bonds is 3. The molecule has 0 spiro atoms. The Hall–Kier alpha value is -3.29. The van der Waals surface area contributed by atoms with E-state index in [1.54, 1.807) is 17.3 Å². The number of piperidine rings is 1. The third kappa shape index (κ3) is 4.28. The molecule has 27 heavy (non-hydrogen) atoms. The monoisotopic (exact) mass is 367 g/mol. The van der Waals surface area contributed by atoms with Crippen LogP contribution in [0, 0.1) is 5.92 Å². The van der Waals surface area contributed by atoms with Gasteiger partial charge in [-0.2, -0.15) is 0 Å². The molecule has 3 rings (SSSR count). The van der Waals surface area contributed by atoms with Crippen LogP contribution in [0.5, 0.6) is 0 Å². The summed E-state index contributed by atoms with van der Waals surface area (Å²) in [7, 11) is 0. The summed E-state index contributed by atoms with van der Waals surface area (Å²) < 4.78 is 0. The number of amides is 3. The third-order valence-electron chi connectivity index (χ3n) is 4.64. The number of pyridine rings is 2. The van der Waals surface area contributed by atoms with E-state index in [2.05, 4.69) is 22.2 Å². The molecule has 140 valence electrons. The Balaban J connectivity index is 1.78. The number of anilines is 1. The largest absolute Gasteiger partial charge is 0.366 e. The van der Waals surface area contributed by atoms with E-state index in [1.165, 1.54) is 18.5 Å². The Kier molecular flexibility index (Phi) is 5.44. The zero-order valence-corrected chi connectivity index (χ0v) is 15.0. The third-order valence-corrected chi connectivity index (χ3v) is 4.64. The lowest BCUT2D eigenvalue weighted by molar-refractivity contribution is -0.146. The van der Waals surface area contributed by atoms with E-state index in [-0.39, 0.29) is 17.3 Å². The maximum absolute atomic E-state index is 12.8. The minimum absolute atomic E-state index is 0.154. The highest BCUT2D eigenvalue weighted by atomic mass is 16.2. The van der Waals surface area contributed by atoms with Gasteiger partial charge in [-0.3, -0.25) is 24.4 Å². The van der Waals surface area contributed by atoms with Gasteiger partial charge in [0.2, 0.25) is 5.91 Å². The summed E-state index contributed by atoms with van der Waals surface area (Å²) in [5.41, 5.74) is 6.57. The topological polar surface area (TPSA) is 118 Å². The Labute approximate surface area is 156 Å². The van der Waals surface area contributed by atoms with Crippen LogP contribution in [0.4, 0.5) is 5.69 Å². The van der Waals surface area contributed by atoms with Gasteiger partial charge in [0.1, 0.15) is 0 Å². The molecule has 0 unspecified atom stereocenters. The molecule has 0 aliphatic carbocycles. The van der Waals surface area contributed by atoms with Crippen LogP contribution < -0.4 is 11.1 Å². The summed E-state index contributed by atoms with van der Waals surface area (Å²) in [6, 6.07) is 4.94. The van der Waals surface area contributed by atoms with Crippen molar-refractivity contribution in [2.24, 2.45) is 11.7 Å². The van der Waals surface area contributed by atoms with Gasteiger partial charge in [-0.05, 0) is 42.5 Å². The zero-order chi connectivity index (χ0) is 19.4. The van der Waals surface area contributed by atoms with Crippen molar-refractivity contribution in [3.8, 4) is 0 Å². The fourth-order valence-corrected chi connectivity index (χ4v) is 3.27. The van der Waals surface area contributed by atoms with Crippen molar-refractivity contribution in [3.63, 3.8) is 0 Å². The van der Waals surface area contributed by atoms with Crippen molar-refractivity contribution >= 4 is 23.4 Å². The van der Waals surface area contributed by atoms with Crippen molar-refractivity contribution in [2.45, 2.75) is 25.8 Å². The second-order valence-electron chi connectivity index (χ2n) is 6.72. The summed E-state index contributed by atoms with van der Waals surface area (Å²) in [4.78, 5) is 46.1. The Morgan fingerprint density at radius 2 is 1.89 bits per heavy atom. The minimum atomic E-state index is -0.772. The number of nitrogens with zero attached hydrogens (tertiary/aromatic N) is 3. The van der Waals surface area contributed by atoms with Gasteiger partial charge in [-0.1, -0.05) is 6.92 Å². The van der Waals surface area contributed by atoms with Crippen LogP contribution >= 0.6 is 0 Å². The normalized spacial score (nSPS) is 19.4. The smallest absolute Gasteiger partial charge is 0.313 e. The molecule has 8 nitrogen and oxygen atoms in total. The van der Waals surface area contributed by atoms with E-state index in [1.807, 2.05) is 12.1 Å². The van der Waals surface area contributed by atoms with Crippen LogP contribution in [-0.4, -0.2) is 39.1 Å². The lowest BCUT2D eigenvalue weighted by atomic mass is 9.90. The van der Waals surface area contributed by atoms with Crippen molar-refractivity contribution < 1.29 is 14.4 Å². The maximum Gasteiger partial charge on any atom is 0.313 e. The predicted molar refractivity (Wildman–Crippen MR) is 98.5 cm³/mol. The average molecular weight is 367 g/mol. The number of carbonyl (C=O) groups is 3. The number of nitrogens with one attached hydrogen (secondary N) is 1. The van der Waals surface area contributed by atoms with Crippen LogP contribution in [0.3, 0.4) is 0 Å². The van der Waals surface area contributed by atoms with Gasteiger partial charge in [0.15, 0.2) is 0 Å². The molecule has 2 aromatic heterocycles. The second-order valence-corrected chi connectivity index (χ2v) is 6.72. The van der Waals surface area contributed by atoms with E-state index >= 15 is 0 Å². The molecule has 3 heterocycles. The lowest BCUT2D eigenvalue weighted by Gasteiger charge is -2.38. The van der Waals surface area contributed by atoms with Crippen molar-refractivity contribution in [2.75, 3.05) is 11.9 Å². The van der Waals surface area contributed by atoms with E-state index in [9.17, 15) is 14.4 Å². The summed E-state index contributed by atoms with van der Waals surface area (Å²) in [6.45, 7) is 2.56. The summed E-state index contributed by atoms with van der Waals surface area (Å²) in [5, 5.41) is 2.51. The van der Waals surface area contributed by atoms with E-state index in [0.29, 0.717) is 12.5 Å². The van der Waals surface area contributed by atoms with Gasteiger partial charge in [-0.25, -0.2) is 0 Å². The summed E-state index contributed by atoms with van der Waals surface area (Å²) in [5.74, 6) is -1.74. The molecule has 3 N–H and O–H groups in total. The Bertz CT molecular complexity index is 855. The molecule has 2 aromatic rings. The van der Waals surface area contributed by atoms with Gasteiger partial charge in [0.05, 0.1) is 23.5 Å². The predicted octanol–water partition coefficient (Wildman–Crippen LogP) is 1.51. The fourth-order valence-electron chi connectivity index (χ4n) is 3.27. The highest BCUT2D eigenvalue weighted by Gasteiger charge is 2.34. The maximum atomic E-state index is 12.8. The first-order chi connectivity index (χ1) is 13.0. The van der Waals surface area contributed by atoms with Gasteiger partial charge in [0.25, 0.3) is 0 Å². The molecule has 1 aliphatic rings. The van der Waals surface area contributed by atoms with E-state index in [4.69, 9.17) is 5.73 Å².